The minimum atomic E-state index is 0.436. The molecule has 1 unspecified atom stereocenters. The van der Waals surface area contributed by atoms with Gasteiger partial charge in [-0.1, -0.05) is 31.2 Å². The van der Waals surface area contributed by atoms with Gasteiger partial charge in [0.2, 0.25) is 0 Å². The summed E-state index contributed by atoms with van der Waals surface area (Å²) in [6, 6.07) is 8.81. The lowest BCUT2D eigenvalue weighted by molar-refractivity contribution is 0.121. The van der Waals surface area contributed by atoms with Gasteiger partial charge < -0.3 is 15.4 Å². The topological polar surface area (TPSA) is 45.6 Å². The molecule has 1 atom stereocenters. The summed E-state index contributed by atoms with van der Waals surface area (Å²) in [5.74, 6) is 0.900. The molecule has 0 spiro atoms. The second-order valence-electron chi connectivity index (χ2n) is 4.91. The monoisotopic (exact) mass is 261 g/mol. The summed E-state index contributed by atoms with van der Waals surface area (Å²) >= 11 is 0. The minimum absolute atomic E-state index is 0.436. The molecule has 0 aliphatic carbocycles. The predicted molar refractivity (Wildman–Crippen MR) is 78.1 cm³/mol. The molecular formula is C15H23N3O. The molecule has 1 heterocycles. The van der Waals surface area contributed by atoms with Gasteiger partial charge in [0.15, 0.2) is 5.96 Å². The lowest BCUT2D eigenvalue weighted by Gasteiger charge is -2.12. The Morgan fingerprint density at radius 3 is 2.84 bits per heavy atom. The van der Waals surface area contributed by atoms with Gasteiger partial charge in [-0.2, -0.15) is 0 Å². The van der Waals surface area contributed by atoms with E-state index in [0.29, 0.717) is 12.6 Å². The fraction of sp³-hybridized carbons (Fsp3) is 0.533. The molecule has 1 aromatic carbocycles. The van der Waals surface area contributed by atoms with Crippen molar-refractivity contribution in [2.75, 3.05) is 13.2 Å². The second-order valence-corrected chi connectivity index (χ2v) is 4.91. The highest BCUT2D eigenvalue weighted by Gasteiger charge is 2.12. The zero-order valence-corrected chi connectivity index (χ0v) is 11.8. The lowest BCUT2D eigenvalue weighted by atomic mass is 10.1. The van der Waals surface area contributed by atoms with E-state index in [2.05, 4.69) is 53.7 Å². The average molecular weight is 261 g/mol. The zero-order valence-electron chi connectivity index (χ0n) is 11.8. The fourth-order valence-corrected chi connectivity index (χ4v) is 2.04. The Bertz CT molecular complexity index is 431. The van der Waals surface area contributed by atoms with Gasteiger partial charge in [0.05, 0.1) is 13.2 Å². The van der Waals surface area contributed by atoms with Gasteiger partial charge in [0.1, 0.15) is 0 Å². The molecule has 0 aromatic heterocycles. The van der Waals surface area contributed by atoms with Crippen LogP contribution in [0.15, 0.2) is 29.3 Å². The summed E-state index contributed by atoms with van der Waals surface area (Å²) in [5, 5.41) is 6.65. The van der Waals surface area contributed by atoms with Crippen LogP contribution in [0, 0.1) is 0 Å². The number of ether oxygens (including phenoxy) is 1. The van der Waals surface area contributed by atoms with Crippen molar-refractivity contribution in [3.05, 3.63) is 35.4 Å². The number of nitrogens with one attached hydrogen (secondary N) is 2. The minimum Gasteiger partial charge on any atom is -0.377 e. The Morgan fingerprint density at radius 1 is 1.37 bits per heavy atom. The molecule has 0 amide bonds. The van der Waals surface area contributed by atoms with E-state index in [9.17, 15) is 0 Å². The third kappa shape index (κ3) is 4.24. The van der Waals surface area contributed by atoms with Crippen molar-refractivity contribution in [1.29, 1.82) is 0 Å². The molecule has 1 aliphatic heterocycles. The third-order valence-corrected chi connectivity index (χ3v) is 3.08. The second kappa shape index (κ2) is 7.14. The van der Waals surface area contributed by atoms with Crippen LogP contribution in [0.2, 0.25) is 0 Å². The van der Waals surface area contributed by atoms with E-state index in [1.165, 1.54) is 11.1 Å². The van der Waals surface area contributed by atoms with E-state index < -0.39 is 0 Å². The molecular weight excluding hydrogens is 238 g/mol. The van der Waals surface area contributed by atoms with E-state index in [4.69, 9.17) is 4.74 Å². The van der Waals surface area contributed by atoms with Crippen molar-refractivity contribution in [2.45, 2.75) is 39.5 Å². The molecule has 104 valence electrons. The van der Waals surface area contributed by atoms with Gasteiger partial charge in [-0.3, -0.25) is 4.99 Å². The van der Waals surface area contributed by atoms with Crippen molar-refractivity contribution in [2.24, 2.45) is 4.99 Å². The highest BCUT2D eigenvalue weighted by molar-refractivity contribution is 5.81. The van der Waals surface area contributed by atoms with Crippen molar-refractivity contribution < 1.29 is 4.74 Å². The standard InChI is InChI=1S/C15H23N3O/c1-3-8-19-11-14-7-5-4-6-13(14)10-17-15-16-9-12(2)18-15/h4-7,12H,3,8-11H2,1-2H3,(H2,16,17,18). The predicted octanol–water partition coefficient (Wildman–Crippen LogP) is 2.05. The van der Waals surface area contributed by atoms with Crippen molar-refractivity contribution in [3.63, 3.8) is 0 Å². The van der Waals surface area contributed by atoms with Crippen LogP contribution in [-0.2, 0) is 17.9 Å². The molecule has 2 N–H and O–H groups in total. The molecule has 4 nitrogen and oxygen atoms in total. The number of hydrogen-bond acceptors (Lipinski definition) is 4. The Morgan fingerprint density at radius 2 is 2.16 bits per heavy atom. The number of aliphatic imine (C=N–C) groups is 1. The van der Waals surface area contributed by atoms with Crippen molar-refractivity contribution in [3.8, 4) is 0 Å². The molecule has 4 heteroatoms. The van der Waals surface area contributed by atoms with Crippen molar-refractivity contribution >= 4 is 5.96 Å². The van der Waals surface area contributed by atoms with Crippen LogP contribution in [0.5, 0.6) is 0 Å². The molecule has 0 saturated heterocycles. The zero-order chi connectivity index (χ0) is 13.5. The first-order chi connectivity index (χ1) is 9.29. The van der Waals surface area contributed by atoms with E-state index in [0.717, 1.165) is 32.1 Å². The summed E-state index contributed by atoms with van der Waals surface area (Å²) in [5.41, 5.74) is 2.51. The first-order valence-corrected chi connectivity index (χ1v) is 6.99. The number of hydrogen-bond donors (Lipinski definition) is 2. The van der Waals surface area contributed by atoms with Crippen LogP contribution in [-0.4, -0.2) is 25.2 Å². The molecule has 19 heavy (non-hydrogen) atoms. The Kier molecular flexibility index (Phi) is 5.21. The first kappa shape index (κ1) is 13.9. The number of nitrogens with zero attached hydrogens (tertiary/aromatic N) is 1. The maximum absolute atomic E-state index is 5.62. The SMILES string of the molecule is CCCOCc1ccccc1CNC1=NCC(C)N1. The van der Waals surface area contributed by atoms with Crippen LogP contribution in [0.1, 0.15) is 31.4 Å². The van der Waals surface area contributed by atoms with Gasteiger partial charge in [0, 0.05) is 19.2 Å². The smallest absolute Gasteiger partial charge is 0.191 e. The van der Waals surface area contributed by atoms with Crippen LogP contribution < -0.4 is 10.6 Å². The summed E-state index contributed by atoms with van der Waals surface area (Å²) < 4.78 is 5.62. The highest BCUT2D eigenvalue weighted by Crippen LogP contribution is 2.10. The molecule has 0 radical (unpaired) electrons. The summed E-state index contributed by atoms with van der Waals surface area (Å²) in [4.78, 5) is 4.40. The Labute approximate surface area is 115 Å². The maximum atomic E-state index is 5.62. The Balaban J connectivity index is 1.88. The van der Waals surface area contributed by atoms with Crippen LogP contribution >= 0.6 is 0 Å². The van der Waals surface area contributed by atoms with E-state index >= 15 is 0 Å². The summed E-state index contributed by atoms with van der Waals surface area (Å²) in [6.45, 7) is 7.38. The van der Waals surface area contributed by atoms with Crippen LogP contribution in [0.4, 0.5) is 0 Å². The summed E-state index contributed by atoms with van der Waals surface area (Å²) in [7, 11) is 0. The molecule has 2 rings (SSSR count). The number of rotatable bonds is 6. The Hall–Kier alpha value is -1.55. The van der Waals surface area contributed by atoms with Crippen molar-refractivity contribution in [1.82, 2.24) is 10.6 Å². The quantitative estimate of drug-likeness (QED) is 0.770. The van der Waals surface area contributed by atoms with Gasteiger partial charge in [-0.25, -0.2) is 0 Å². The number of guanidine groups is 1. The lowest BCUT2D eigenvalue weighted by Crippen LogP contribution is -2.37. The number of benzene rings is 1. The molecule has 0 saturated carbocycles. The largest absolute Gasteiger partial charge is 0.377 e. The fourth-order valence-electron chi connectivity index (χ4n) is 2.04. The normalized spacial score (nSPS) is 18.0. The molecule has 0 bridgehead atoms. The molecule has 0 fully saturated rings. The van der Waals surface area contributed by atoms with E-state index in [1.807, 2.05) is 0 Å². The van der Waals surface area contributed by atoms with Crippen LogP contribution in [0.3, 0.4) is 0 Å². The molecule has 1 aromatic rings. The van der Waals surface area contributed by atoms with Gasteiger partial charge in [-0.15, -0.1) is 0 Å². The van der Waals surface area contributed by atoms with Gasteiger partial charge in [0.25, 0.3) is 0 Å². The first-order valence-electron chi connectivity index (χ1n) is 6.99. The highest BCUT2D eigenvalue weighted by atomic mass is 16.5. The maximum Gasteiger partial charge on any atom is 0.191 e. The van der Waals surface area contributed by atoms with Gasteiger partial charge in [-0.05, 0) is 24.5 Å². The summed E-state index contributed by atoms with van der Waals surface area (Å²) in [6.07, 6.45) is 1.05. The average Bonchev–Trinajstić information content (AvgIpc) is 2.84. The third-order valence-electron chi connectivity index (χ3n) is 3.08. The molecule has 1 aliphatic rings. The van der Waals surface area contributed by atoms with E-state index in [-0.39, 0.29) is 0 Å². The van der Waals surface area contributed by atoms with Gasteiger partial charge >= 0.3 is 0 Å². The van der Waals surface area contributed by atoms with E-state index in [1.54, 1.807) is 0 Å². The van der Waals surface area contributed by atoms with Crippen LogP contribution in [0.25, 0.3) is 0 Å².